The Morgan fingerprint density at radius 2 is 2.18 bits per heavy atom. The normalized spacial score (nSPS) is 46.3. The number of rotatable bonds is 1. The SMILES string of the molecule is NC12CC(c3cnco3)(C1)C2. The van der Waals surface area contributed by atoms with Gasteiger partial charge in [0.05, 0.1) is 6.20 Å². The van der Waals surface area contributed by atoms with E-state index in [0.29, 0.717) is 5.41 Å². The molecule has 3 saturated carbocycles. The van der Waals surface area contributed by atoms with Crippen LogP contribution in [0.1, 0.15) is 25.0 Å². The lowest BCUT2D eigenvalue weighted by Crippen LogP contribution is -2.74. The quantitative estimate of drug-likeness (QED) is 0.644. The Labute approximate surface area is 64.6 Å². The lowest BCUT2D eigenvalue weighted by molar-refractivity contribution is -0.0729. The van der Waals surface area contributed by atoms with Crippen molar-refractivity contribution in [1.82, 2.24) is 4.98 Å². The summed E-state index contributed by atoms with van der Waals surface area (Å²) in [5, 5.41) is 0. The van der Waals surface area contributed by atoms with Crippen LogP contribution in [0.5, 0.6) is 0 Å². The maximum absolute atomic E-state index is 5.92. The molecule has 4 rings (SSSR count). The first-order valence-corrected chi connectivity index (χ1v) is 3.90. The van der Waals surface area contributed by atoms with Gasteiger partial charge in [-0.3, -0.25) is 0 Å². The summed E-state index contributed by atoms with van der Waals surface area (Å²) in [7, 11) is 0. The summed E-state index contributed by atoms with van der Waals surface area (Å²) in [6, 6.07) is 0. The Morgan fingerprint density at radius 1 is 1.45 bits per heavy atom. The molecule has 0 aliphatic heterocycles. The monoisotopic (exact) mass is 150 g/mol. The van der Waals surface area contributed by atoms with Gasteiger partial charge in [0, 0.05) is 11.0 Å². The third-order valence-corrected chi connectivity index (χ3v) is 3.03. The summed E-state index contributed by atoms with van der Waals surface area (Å²) >= 11 is 0. The molecule has 0 saturated heterocycles. The van der Waals surface area contributed by atoms with Gasteiger partial charge in [-0.15, -0.1) is 0 Å². The molecule has 0 atom stereocenters. The van der Waals surface area contributed by atoms with Gasteiger partial charge in [0.2, 0.25) is 0 Å². The van der Waals surface area contributed by atoms with Crippen molar-refractivity contribution < 1.29 is 4.42 Å². The summed E-state index contributed by atoms with van der Waals surface area (Å²) in [6.45, 7) is 0. The molecular formula is C8H10N2O. The minimum absolute atomic E-state index is 0.160. The first-order chi connectivity index (χ1) is 5.23. The molecule has 58 valence electrons. The molecule has 1 aromatic rings. The van der Waals surface area contributed by atoms with E-state index in [0.717, 1.165) is 25.0 Å². The zero-order valence-corrected chi connectivity index (χ0v) is 6.21. The second kappa shape index (κ2) is 1.37. The van der Waals surface area contributed by atoms with Gasteiger partial charge in [-0.05, 0) is 19.3 Å². The average molecular weight is 150 g/mol. The van der Waals surface area contributed by atoms with Crippen molar-refractivity contribution in [2.45, 2.75) is 30.2 Å². The molecule has 0 aromatic carbocycles. The number of oxazole rings is 1. The average Bonchev–Trinajstić information content (AvgIpc) is 2.28. The van der Waals surface area contributed by atoms with E-state index in [-0.39, 0.29) is 5.54 Å². The maximum atomic E-state index is 5.92. The molecule has 0 unspecified atom stereocenters. The second-order valence-corrected chi connectivity index (χ2v) is 4.04. The molecule has 0 spiro atoms. The van der Waals surface area contributed by atoms with E-state index in [1.54, 1.807) is 0 Å². The number of hydrogen-bond acceptors (Lipinski definition) is 3. The molecule has 0 amide bonds. The Balaban J connectivity index is 1.94. The van der Waals surface area contributed by atoms with Crippen molar-refractivity contribution in [2.24, 2.45) is 5.73 Å². The van der Waals surface area contributed by atoms with E-state index in [2.05, 4.69) is 4.98 Å². The van der Waals surface area contributed by atoms with Crippen LogP contribution in [0.15, 0.2) is 17.0 Å². The van der Waals surface area contributed by atoms with E-state index < -0.39 is 0 Å². The predicted octanol–water partition coefficient (Wildman–Crippen LogP) is 0.807. The molecular weight excluding hydrogens is 140 g/mol. The topological polar surface area (TPSA) is 52.0 Å². The zero-order chi connectivity index (χ0) is 7.53. The third kappa shape index (κ3) is 0.518. The van der Waals surface area contributed by atoms with Crippen LogP contribution in [-0.4, -0.2) is 10.5 Å². The fourth-order valence-electron chi connectivity index (χ4n) is 2.61. The van der Waals surface area contributed by atoms with Crippen LogP contribution in [0, 0.1) is 0 Å². The Morgan fingerprint density at radius 3 is 2.64 bits per heavy atom. The van der Waals surface area contributed by atoms with Crippen molar-refractivity contribution in [2.75, 3.05) is 0 Å². The van der Waals surface area contributed by atoms with Crippen molar-refractivity contribution in [1.29, 1.82) is 0 Å². The highest BCUT2D eigenvalue weighted by Crippen LogP contribution is 2.66. The number of nitrogens with zero attached hydrogens (tertiary/aromatic N) is 1. The summed E-state index contributed by atoms with van der Waals surface area (Å²) in [6.07, 6.45) is 6.59. The van der Waals surface area contributed by atoms with Crippen LogP contribution in [0.2, 0.25) is 0 Å². The van der Waals surface area contributed by atoms with E-state index in [9.17, 15) is 0 Å². The number of nitrogens with two attached hydrogens (primary N) is 1. The van der Waals surface area contributed by atoms with Gasteiger partial charge in [0.25, 0.3) is 0 Å². The van der Waals surface area contributed by atoms with Gasteiger partial charge in [-0.2, -0.15) is 0 Å². The van der Waals surface area contributed by atoms with E-state index in [4.69, 9.17) is 10.2 Å². The molecule has 3 nitrogen and oxygen atoms in total. The minimum atomic E-state index is 0.160. The van der Waals surface area contributed by atoms with Crippen LogP contribution >= 0.6 is 0 Å². The molecule has 1 heterocycles. The van der Waals surface area contributed by atoms with Gasteiger partial charge >= 0.3 is 0 Å². The Hall–Kier alpha value is -0.830. The molecule has 1 aromatic heterocycles. The van der Waals surface area contributed by atoms with Gasteiger partial charge in [0.15, 0.2) is 6.39 Å². The highest BCUT2D eigenvalue weighted by Gasteiger charge is 2.68. The summed E-state index contributed by atoms with van der Waals surface area (Å²) < 4.78 is 5.26. The first kappa shape index (κ1) is 5.77. The molecule has 3 aliphatic rings. The number of aromatic nitrogens is 1. The van der Waals surface area contributed by atoms with Crippen LogP contribution in [0.3, 0.4) is 0 Å². The van der Waals surface area contributed by atoms with E-state index >= 15 is 0 Å². The molecule has 2 bridgehead atoms. The fourth-order valence-corrected chi connectivity index (χ4v) is 2.61. The van der Waals surface area contributed by atoms with E-state index in [1.165, 1.54) is 6.39 Å². The highest BCUT2D eigenvalue weighted by atomic mass is 16.3. The summed E-state index contributed by atoms with van der Waals surface area (Å²) in [4.78, 5) is 3.91. The first-order valence-electron chi connectivity index (χ1n) is 3.90. The van der Waals surface area contributed by atoms with Gasteiger partial charge in [-0.1, -0.05) is 0 Å². The minimum Gasteiger partial charge on any atom is -0.448 e. The molecule has 3 aliphatic carbocycles. The molecule has 11 heavy (non-hydrogen) atoms. The molecule has 3 fully saturated rings. The van der Waals surface area contributed by atoms with Crippen molar-refractivity contribution in [3.05, 3.63) is 18.4 Å². The lowest BCUT2D eigenvalue weighted by atomic mass is 9.39. The lowest BCUT2D eigenvalue weighted by Gasteiger charge is -2.67. The van der Waals surface area contributed by atoms with Crippen molar-refractivity contribution in [3.63, 3.8) is 0 Å². The third-order valence-electron chi connectivity index (χ3n) is 3.03. The molecule has 3 heteroatoms. The predicted molar refractivity (Wildman–Crippen MR) is 39.0 cm³/mol. The fraction of sp³-hybridized carbons (Fsp3) is 0.625. The van der Waals surface area contributed by atoms with Gasteiger partial charge in [0.1, 0.15) is 5.76 Å². The number of hydrogen-bond donors (Lipinski definition) is 1. The highest BCUT2D eigenvalue weighted by molar-refractivity contribution is 5.34. The maximum Gasteiger partial charge on any atom is 0.180 e. The smallest absolute Gasteiger partial charge is 0.180 e. The Kier molecular flexibility index (Phi) is 0.717. The Bertz CT molecular complexity index is 271. The second-order valence-electron chi connectivity index (χ2n) is 4.04. The van der Waals surface area contributed by atoms with Gasteiger partial charge in [-0.25, -0.2) is 4.98 Å². The van der Waals surface area contributed by atoms with Crippen molar-refractivity contribution in [3.8, 4) is 0 Å². The standard InChI is InChI=1S/C8H10N2O/c9-8-2-7(3-8,4-8)6-1-10-5-11-6/h1,5H,2-4,9H2. The van der Waals surface area contributed by atoms with Crippen LogP contribution < -0.4 is 5.73 Å². The van der Waals surface area contributed by atoms with Crippen LogP contribution in [0.25, 0.3) is 0 Å². The van der Waals surface area contributed by atoms with Gasteiger partial charge < -0.3 is 10.2 Å². The van der Waals surface area contributed by atoms with Crippen LogP contribution in [0.4, 0.5) is 0 Å². The summed E-state index contributed by atoms with van der Waals surface area (Å²) in [5.74, 6) is 1.03. The molecule has 2 N–H and O–H groups in total. The summed E-state index contributed by atoms with van der Waals surface area (Å²) in [5.41, 5.74) is 6.37. The van der Waals surface area contributed by atoms with Crippen LogP contribution in [-0.2, 0) is 5.41 Å². The largest absolute Gasteiger partial charge is 0.448 e. The molecule has 0 radical (unpaired) electrons. The van der Waals surface area contributed by atoms with Crippen molar-refractivity contribution >= 4 is 0 Å². The zero-order valence-electron chi connectivity index (χ0n) is 6.21. The van der Waals surface area contributed by atoms with E-state index in [1.807, 2.05) is 6.20 Å².